The first-order valence-electron chi connectivity index (χ1n) is 6.53. The minimum Gasteiger partial charge on any atom is -0.406 e. The highest BCUT2D eigenvalue weighted by Gasteiger charge is 2.19. The molecule has 22 heavy (non-hydrogen) atoms. The SMILES string of the molecule is Cc1cccc(-c2c(C)ccc(OC(N)=O)c2OC(N)=O)c1. The van der Waals surface area contributed by atoms with E-state index in [9.17, 15) is 9.59 Å². The van der Waals surface area contributed by atoms with Crippen LogP contribution >= 0.6 is 0 Å². The summed E-state index contributed by atoms with van der Waals surface area (Å²) in [5.74, 6) is 0.102. The highest BCUT2D eigenvalue weighted by atomic mass is 16.6. The molecule has 0 aliphatic carbocycles. The maximum Gasteiger partial charge on any atom is 0.410 e. The Hall–Kier alpha value is -3.02. The van der Waals surface area contributed by atoms with Gasteiger partial charge >= 0.3 is 12.2 Å². The number of hydrogen-bond donors (Lipinski definition) is 2. The van der Waals surface area contributed by atoms with Crippen molar-refractivity contribution in [3.05, 3.63) is 47.5 Å². The normalized spacial score (nSPS) is 10.1. The number of hydrogen-bond acceptors (Lipinski definition) is 4. The summed E-state index contributed by atoms with van der Waals surface area (Å²) in [7, 11) is 0. The Balaban J connectivity index is 2.69. The lowest BCUT2D eigenvalue weighted by atomic mass is 9.97. The van der Waals surface area contributed by atoms with E-state index in [1.807, 2.05) is 38.1 Å². The van der Waals surface area contributed by atoms with Gasteiger partial charge in [-0.15, -0.1) is 0 Å². The van der Waals surface area contributed by atoms with Gasteiger partial charge in [0.1, 0.15) is 0 Å². The molecule has 2 aromatic rings. The fourth-order valence-corrected chi connectivity index (χ4v) is 2.21. The summed E-state index contributed by atoms with van der Waals surface area (Å²) in [6.45, 7) is 3.79. The lowest BCUT2D eigenvalue weighted by molar-refractivity contribution is 0.200. The van der Waals surface area contributed by atoms with Crippen LogP contribution in [0.4, 0.5) is 9.59 Å². The smallest absolute Gasteiger partial charge is 0.406 e. The third-order valence-electron chi connectivity index (χ3n) is 3.05. The summed E-state index contributed by atoms with van der Waals surface area (Å²) in [6.07, 6.45) is -2.01. The molecule has 114 valence electrons. The molecule has 2 aromatic carbocycles. The van der Waals surface area contributed by atoms with E-state index in [-0.39, 0.29) is 11.5 Å². The van der Waals surface area contributed by atoms with Crippen LogP contribution in [0, 0.1) is 13.8 Å². The van der Waals surface area contributed by atoms with Gasteiger partial charge in [0.25, 0.3) is 0 Å². The van der Waals surface area contributed by atoms with Crippen LogP contribution in [0.15, 0.2) is 36.4 Å². The average Bonchev–Trinajstić information content (AvgIpc) is 2.41. The van der Waals surface area contributed by atoms with Gasteiger partial charge in [-0.25, -0.2) is 9.59 Å². The number of nitrogens with two attached hydrogens (primary N) is 2. The van der Waals surface area contributed by atoms with Gasteiger partial charge < -0.3 is 20.9 Å². The molecule has 0 spiro atoms. The summed E-state index contributed by atoms with van der Waals surface area (Å²) < 4.78 is 9.96. The Bertz CT molecular complexity index is 741. The molecule has 0 unspecified atom stereocenters. The minimum absolute atomic E-state index is 0.0356. The minimum atomic E-state index is -1.01. The summed E-state index contributed by atoms with van der Waals surface area (Å²) >= 11 is 0. The molecule has 0 saturated carbocycles. The van der Waals surface area contributed by atoms with E-state index in [1.165, 1.54) is 6.07 Å². The molecular formula is C16H16N2O4. The van der Waals surface area contributed by atoms with Gasteiger partial charge in [0.15, 0.2) is 11.5 Å². The standard InChI is InChI=1S/C16H16N2O4/c1-9-4-3-5-11(8-9)13-10(2)6-7-12(21-15(17)19)14(13)22-16(18)20/h3-8H,1-2H3,(H2,17,19)(H2,18,20). The van der Waals surface area contributed by atoms with E-state index in [0.717, 1.165) is 16.7 Å². The van der Waals surface area contributed by atoms with Crippen molar-refractivity contribution in [2.24, 2.45) is 11.5 Å². The van der Waals surface area contributed by atoms with Crippen LogP contribution in [0.3, 0.4) is 0 Å². The molecule has 0 bridgehead atoms. The maximum absolute atomic E-state index is 11.2. The Morgan fingerprint density at radius 3 is 2.23 bits per heavy atom. The van der Waals surface area contributed by atoms with E-state index in [1.54, 1.807) is 6.07 Å². The monoisotopic (exact) mass is 300 g/mol. The zero-order valence-corrected chi connectivity index (χ0v) is 12.3. The largest absolute Gasteiger partial charge is 0.410 e. The van der Waals surface area contributed by atoms with Crippen molar-refractivity contribution in [2.75, 3.05) is 0 Å². The summed E-state index contributed by atoms with van der Waals surface area (Å²) in [5.41, 5.74) is 13.4. The molecule has 0 saturated heterocycles. The predicted octanol–water partition coefficient (Wildman–Crippen LogP) is 2.89. The Morgan fingerprint density at radius 1 is 0.955 bits per heavy atom. The molecule has 2 amide bonds. The van der Waals surface area contributed by atoms with E-state index in [2.05, 4.69) is 0 Å². The first kappa shape index (κ1) is 15.4. The summed E-state index contributed by atoms with van der Waals surface area (Å²) in [4.78, 5) is 22.2. The highest BCUT2D eigenvalue weighted by molar-refractivity contribution is 5.83. The average molecular weight is 300 g/mol. The number of ether oxygens (including phenoxy) is 2. The maximum atomic E-state index is 11.2. The zero-order chi connectivity index (χ0) is 16.3. The first-order valence-corrected chi connectivity index (χ1v) is 6.53. The number of carbonyl (C=O) groups excluding carboxylic acids is 2. The molecule has 2 rings (SSSR count). The van der Waals surface area contributed by atoms with Crippen molar-refractivity contribution in [1.29, 1.82) is 0 Å². The quantitative estimate of drug-likeness (QED) is 0.909. The molecule has 4 N–H and O–H groups in total. The second kappa shape index (κ2) is 6.17. The zero-order valence-electron chi connectivity index (χ0n) is 12.3. The molecule has 0 radical (unpaired) electrons. The molecule has 6 heteroatoms. The fraction of sp³-hybridized carbons (Fsp3) is 0.125. The van der Waals surface area contributed by atoms with Crippen molar-refractivity contribution in [3.63, 3.8) is 0 Å². The molecule has 0 aromatic heterocycles. The van der Waals surface area contributed by atoms with E-state index >= 15 is 0 Å². The Kier molecular flexibility index (Phi) is 4.31. The number of benzene rings is 2. The van der Waals surface area contributed by atoms with Gasteiger partial charge in [0.05, 0.1) is 0 Å². The lowest BCUT2D eigenvalue weighted by Gasteiger charge is -2.16. The van der Waals surface area contributed by atoms with Crippen LogP contribution in [-0.2, 0) is 0 Å². The van der Waals surface area contributed by atoms with Crippen molar-refractivity contribution in [2.45, 2.75) is 13.8 Å². The Labute approximate surface area is 127 Å². The van der Waals surface area contributed by atoms with Crippen LogP contribution in [-0.4, -0.2) is 12.2 Å². The van der Waals surface area contributed by atoms with Crippen LogP contribution in [0.2, 0.25) is 0 Å². The van der Waals surface area contributed by atoms with Crippen LogP contribution in [0.5, 0.6) is 11.5 Å². The molecule has 0 aliphatic rings. The molecule has 0 atom stereocenters. The number of rotatable bonds is 3. The summed E-state index contributed by atoms with van der Waals surface area (Å²) in [5, 5.41) is 0. The molecule has 6 nitrogen and oxygen atoms in total. The predicted molar refractivity (Wildman–Crippen MR) is 81.8 cm³/mol. The summed E-state index contributed by atoms with van der Waals surface area (Å²) in [6, 6.07) is 10.8. The number of primary amides is 2. The van der Waals surface area contributed by atoms with Gasteiger partial charge in [-0.3, -0.25) is 0 Å². The van der Waals surface area contributed by atoms with E-state index in [4.69, 9.17) is 20.9 Å². The van der Waals surface area contributed by atoms with Crippen molar-refractivity contribution in [3.8, 4) is 22.6 Å². The second-order valence-electron chi connectivity index (χ2n) is 4.80. The lowest BCUT2D eigenvalue weighted by Crippen LogP contribution is -2.20. The first-order chi connectivity index (χ1) is 10.4. The van der Waals surface area contributed by atoms with E-state index < -0.39 is 12.2 Å². The molecule has 0 aliphatic heterocycles. The topological polar surface area (TPSA) is 105 Å². The Morgan fingerprint density at radius 2 is 1.64 bits per heavy atom. The molecule has 0 heterocycles. The van der Waals surface area contributed by atoms with Gasteiger partial charge in [0, 0.05) is 5.56 Å². The van der Waals surface area contributed by atoms with Crippen LogP contribution in [0.1, 0.15) is 11.1 Å². The van der Waals surface area contributed by atoms with Gasteiger partial charge in [-0.05, 0) is 31.0 Å². The fourth-order valence-electron chi connectivity index (χ4n) is 2.21. The van der Waals surface area contributed by atoms with Crippen LogP contribution in [0.25, 0.3) is 11.1 Å². The third kappa shape index (κ3) is 3.35. The number of carbonyl (C=O) groups is 2. The number of aryl methyl sites for hydroxylation is 2. The molecule has 0 fully saturated rings. The van der Waals surface area contributed by atoms with Crippen molar-refractivity contribution >= 4 is 12.2 Å². The highest BCUT2D eigenvalue weighted by Crippen LogP contribution is 2.41. The molecular weight excluding hydrogens is 284 g/mol. The van der Waals surface area contributed by atoms with Crippen molar-refractivity contribution < 1.29 is 19.1 Å². The van der Waals surface area contributed by atoms with Crippen molar-refractivity contribution in [1.82, 2.24) is 0 Å². The van der Waals surface area contributed by atoms with Gasteiger partial charge in [0.2, 0.25) is 0 Å². The second-order valence-corrected chi connectivity index (χ2v) is 4.80. The van der Waals surface area contributed by atoms with Gasteiger partial charge in [-0.1, -0.05) is 35.9 Å². The number of amides is 2. The van der Waals surface area contributed by atoms with Gasteiger partial charge in [-0.2, -0.15) is 0 Å². The third-order valence-corrected chi connectivity index (χ3v) is 3.05. The van der Waals surface area contributed by atoms with Crippen LogP contribution < -0.4 is 20.9 Å². The van der Waals surface area contributed by atoms with E-state index in [0.29, 0.717) is 5.56 Å².